The summed E-state index contributed by atoms with van der Waals surface area (Å²) in [6.45, 7) is 5.72. The number of urea groups is 1. The Balaban J connectivity index is 2.13. The zero-order valence-electron chi connectivity index (χ0n) is 14.3. The molecule has 0 bridgehead atoms. The van der Waals surface area contributed by atoms with Crippen LogP contribution >= 0.6 is 0 Å². The van der Waals surface area contributed by atoms with Gasteiger partial charge in [0.25, 0.3) is 0 Å². The minimum Gasteiger partial charge on any atom is -0.485 e. The fourth-order valence-corrected chi connectivity index (χ4v) is 2.58. The highest BCUT2D eigenvalue weighted by atomic mass is 19.1. The van der Waals surface area contributed by atoms with Gasteiger partial charge >= 0.3 is 12.0 Å². The van der Waals surface area contributed by atoms with E-state index in [4.69, 9.17) is 9.47 Å². The molecule has 24 heavy (non-hydrogen) atoms. The molecule has 132 valence electrons. The van der Waals surface area contributed by atoms with Crippen molar-refractivity contribution in [3.8, 4) is 5.75 Å². The van der Waals surface area contributed by atoms with E-state index in [9.17, 15) is 14.0 Å². The number of amides is 2. The molecular weight excluding hydrogens is 315 g/mol. The molecule has 1 heterocycles. The van der Waals surface area contributed by atoms with Gasteiger partial charge in [0.05, 0.1) is 13.7 Å². The smallest absolute Gasteiger partial charge is 0.328 e. The molecule has 0 spiro atoms. The summed E-state index contributed by atoms with van der Waals surface area (Å²) in [7, 11) is 1.27. The highest BCUT2D eigenvalue weighted by molar-refractivity contribution is 5.84. The lowest BCUT2D eigenvalue weighted by atomic mass is 10.1. The lowest BCUT2D eigenvalue weighted by molar-refractivity contribution is -0.145. The Morgan fingerprint density at radius 2 is 1.96 bits per heavy atom. The molecule has 2 rings (SSSR count). The van der Waals surface area contributed by atoms with Crippen molar-refractivity contribution >= 4 is 12.0 Å². The van der Waals surface area contributed by atoms with E-state index in [1.165, 1.54) is 24.1 Å². The molecule has 0 aliphatic carbocycles. The first-order chi connectivity index (χ1) is 11.2. The minimum atomic E-state index is -0.755. The second-order valence-corrected chi connectivity index (χ2v) is 6.78. The number of carbonyl (C=O) groups is 2. The van der Waals surface area contributed by atoms with Crippen LogP contribution in [0.2, 0.25) is 0 Å². The maximum absolute atomic E-state index is 13.7. The van der Waals surface area contributed by atoms with Gasteiger partial charge in [0.2, 0.25) is 0 Å². The van der Waals surface area contributed by atoms with Crippen LogP contribution in [0.25, 0.3) is 0 Å². The molecule has 1 aromatic carbocycles. The number of para-hydroxylation sites is 1. The number of methoxy groups -OCH3 is 1. The van der Waals surface area contributed by atoms with E-state index in [1.807, 2.05) is 20.8 Å². The average molecular weight is 338 g/mol. The Kier molecular flexibility index (Phi) is 5.31. The van der Waals surface area contributed by atoms with Crippen molar-refractivity contribution in [2.45, 2.75) is 44.9 Å². The molecule has 2 atom stereocenters. The number of nitrogens with one attached hydrogen (secondary N) is 1. The zero-order valence-corrected chi connectivity index (χ0v) is 14.3. The van der Waals surface area contributed by atoms with Gasteiger partial charge in [-0.2, -0.15) is 0 Å². The molecule has 1 saturated heterocycles. The number of carbonyl (C=O) groups excluding carboxylic acids is 2. The normalized spacial score (nSPS) is 20.6. The lowest BCUT2D eigenvalue weighted by Gasteiger charge is -2.28. The van der Waals surface area contributed by atoms with Gasteiger partial charge in [-0.1, -0.05) is 12.1 Å². The van der Waals surface area contributed by atoms with E-state index in [2.05, 4.69) is 5.32 Å². The Bertz CT molecular complexity index is 615. The van der Waals surface area contributed by atoms with Crippen LogP contribution in [0.3, 0.4) is 0 Å². The van der Waals surface area contributed by atoms with Gasteiger partial charge in [-0.25, -0.2) is 14.0 Å². The molecule has 7 heteroatoms. The Morgan fingerprint density at radius 3 is 2.54 bits per heavy atom. The largest absolute Gasteiger partial charge is 0.485 e. The second-order valence-electron chi connectivity index (χ2n) is 6.78. The van der Waals surface area contributed by atoms with Crippen molar-refractivity contribution in [1.29, 1.82) is 0 Å². The Hall–Kier alpha value is -2.31. The van der Waals surface area contributed by atoms with Crippen molar-refractivity contribution < 1.29 is 23.5 Å². The number of benzene rings is 1. The number of likely N-dealkylation sites (tertiary alicyclic amines) is 1. The molecule has 1 N–H and O–H groups in total. The van der Waals surface area contributed by atoms with Crippen molar-refractivity contribution in [2.75, 3.05) is 13.7 Å². The van der Waals surface area contributed by atoms with Gasteiger partial charge < -0.3 is 19.7 Å². The summed E-state index contributed by atoms with van der Waals surface area (Å²) in [5.41, 5.74) is -0.442. The molecule has 0 aromatic heterocycles. The molecule has 0 radical (unpaired) electrons. The van der Waals surface area contributed by atoms with Gasteiger partial charge in [0.1, 0.15) is 12.1 Å². The number of nitrogens with zero attached hydrogens (tertiary/aromatic N) is 1. The van der Waals surface area contributed by atoms with Crippen LogP contribution in [-0.2, 0) is 9.53 Å². The third-order valence-corrected chi connectivity index (χ3v) is 3.61. The van der Waals surface area contributed by atoms with Crippen LogP contribution in [0.1, 0.15) is 27.2 Å². The van der Waals surface area contributed by atoms with E-state index in [1.54, 1.807) is 12.1 Å². The number of hydrogen-bond acceptors (Lipinski definition) is 4. The summed E-state index contributed by atoms with van der Waals surface area (Å²) >= 11 is 0. The molecule has 1 aromatic rings. The van der Waals surface area contributed by atoms with E-state index in [0.29, 0.717) is 0 Å². The van der Waals surface area contributed by atoms with Crippen molar-refractivity contribution in [3.05, 3.63) is 30.1 Å². The topological polar surface area (TPSA) is 67.9 Å². The van der Waals surface area contributed by atoms with Crippen LogP contribution in [0.5, 0.6) is 5.75 Å². The predicted octanol–water partition coefficient (Wildman–Crippen LogP) is 2.33. The fourth-order valence-electron chi connectivity index (χ4n) is 2.58. The van der Waals surface area contributed by atoms with E-state index in [0.717, 1.165) is 0 Å². The Morgan fingerprint density at radius 1 is 1.29 bits per heavy atom. The summed E-state index contributed by atoms with van der Waals surface area (Å²) in [6.07, 6.45) is -0.241. The van der Waals surface area contributed by atoms with Gasteiger partial charge in [0.15, 0.2) is 11.6 Å². The monoisotopic (exact) mass is 338 g/mol. The molecule has 0 unspecified atom stereocenters. The number of ether oxygens (including phenoxy) is 2. The highest BCUT2D eigenvalue weighted by Gasteiger charge is 2.42. The summed E-state index contributed by atoms with van der Waals surface area (Å²) in [5, 5.41) is 2.82. The maximum Gasteiger partial charge on any atom is 0.328 e. The van der Waals surface area contributed by atoms with Crippen LogP contribution in [0, 0.1) is 5.82 Å². The van der Waals surface area contributed by atoms with E-state index >= 15 is 0 Å². The lowest BCUT2D eigenvalue weighted by Crippen LogP contribution is -2.52. The number of esters is 1. The third kappa shape index (κ3) is 4.37. The van der Waals surface area contributed by atoms with Crippen LogP contribution in [0.15, 0.2) is 24.3 Å². The van der Waals surface area contributed by atoms with Crippen LogP contribution in [0.4, 0.5) is 9.18 Å². The molecule has 2 amide bonds. The number of rotatable bonds is 3. The zero-order chi connectivity index (χ0) is 17.9. The quantitative estimate of drug-likeness (QED) is 0.859. The van der Waals surface area contributed by atoms with Crippen molar-refractivity contribution in [3.63, 3.8) is 0 Å². The van der Waals surface area contributed by atoms with Gasteiger partial charge in [-0.15, -0.1) is 0 Å². The number of halogens is 1. The van der Waals surface area contributed by atoms with E-state index in [-0.39, 0.29) is 24.7 Å². The third-order valence-electron chi connectivity index (χ3n) is 3.61. The maximum atomic E-state index is 13.7. The standard InChI is InChI=1S/C17H23FN2O4/c1-17(2,3)19-16(22)20-10-11(9-13(20)15(21)23-4)24-14-8-6-5-7-12(14)18/h5-8,11,13H,9-10H2,1-4H3,(H,19,22)/t11-,13+/m0/s1. The SMILES string of the molecule is COC(=O)[C@H]1C[C@H](Oc2ccccc2F)CN1C(=O)NC(C)(C)C. The molecule has 1 fully saturated rings. The molecule has 6 nitrogen and oxygen atoms in total. The number of hydrogen-bond donors (Lipinski definition) is 1. The summed E-state index contributed by atoms with van der Waals surface area (Å²) in [4.78, 5) is 25.8. The first-order valence-corrected chi connectivity index (χ1v) is 7.79. The Labute approximate surface area is 140 Å². The van der Waals surface area contributed by atoms with Gasteiger partial charge in [-0.3, -0.25) is 0 Å². The van der Waals surface area contributed by atoms with E-state index < -0.39 is 29.5 Å². The van der Waals surface area contributed by atoms with Crippen molar-refractivity contribution in [2.24, 2.45) is 0 Å². The first-order valence-electron chi connectivity index (χ1n) is 7.79. The molecule has 1 aliphatic heterocycles. The summed E-state index contributed by atoms with van der Waals surface area (Å²) < 4.78 is 24.1. The van der Waals surface area contributed by atoms with Gasteiger partial charge in [0, 0.05) is 12.0 Å². The minimum absolute atomic E-state index is 0.101. The molecule has 1 aliphatic rings. The van der Waals surface area contributed by atoms with Crippen LogP contribution < -0.4 is 10.1 Å². The summed E-state index contributed by atoms with van der Waals surface area (Å²) in [6, 6.07) is 4.91. The predicted molar refractivity (Wildman–Crippen MR) is 86.2 cm³/mol. The molecular formula is C17H23FN2O4. The summed E-state index contributed by atoms with van der Waals surface area (Å²) in [5.74, 6) is -0.896. The average Bonchev–Trinajstić information content (AvgIpc) is 2.91. The first kappa shape index (κ1) is 18.0. The second kappa shape index (κ2) is 7.07. The molecule has 0 saturated carbocycles. The van der Waals surface area contributed by atoms with Gasteiger partial charge in [-0.05, 0) is 32.9 Å². The van der Waals surface area contributed by atoms with Crippen molar-refractivity contribution in [1.82, 2.24) is 10.2 Å². The van der Waals surface area contributed by atoms with Crippen LogP contribution in [-0.4, -0.2) is 48.2 Å². The fraction of sp³-hybridized carbons (Fsp3) is 0.529. The highest BCUT2D eigenvalue weighted by Crippen LogP contribution is 2.26.